The largest absolute Gasteiger partial charge is 0.395 e. The summed E-state index contributed by atoms with van der Waals surface area (Å²) < 4.78 is 13.2. The molecule has 1 aromatic heterocycles. The highest BCUT2D eigenvalue weighted by molar-refractivity contribution is 7.13. The average Bonchev–Trinajstić information content (AvgIpc) is 2.92. The molecule has 0 saturated carbocycles. The van der Waals surface area contributed by atoms with E-state index in [-0.39, 0.29) is 24.2 Å². The number of thiazole rings is 1. The van der Waals surface area contributed by atoms with Gasteiger partial charge in [0.05, 0.1) is 12.2 Å². The van der Waals surface area contributed by atoms with E-state index in [0.717, 1.165) is 0 Å². The van der Waals surface area contributed by atoms with Crippen LogP contribution in [0.1, 0.15) is 22.3 Å². The number of nitrogens with zero attached hydrogens (tertiary/aromatic N) is 1. The summed E-state index contributed by atoms with van der Waals surface area (Å²) in [6, 6.07) is 3.77. The number of carbonyl (C=O) groups is 1. The first-order chi connectivity index (χ1) is 9.70. The lowest BCUT2D eigenvalue weighted by Gasteiger charge is -2.04. The highest BCUT2D eigenvalue weighted by atomic mass is 32.1. The van der Waals surface area contributed by atoms with E-state index >= 15 is 0 Å². The number of aromatic nitrogens is 1. The summed E-state index contributed by atoms with van der Waals surface area (Å²) in [7, 11) is 0. The molecule has 0 unspecified atom stereocenters. The lowest BCUT2D eigenvalue weighted by Crippen LogP contribution is -2.13. The van der Waals surface area contributed by atoms with Gasteiger partial charge < -0.3 is 5.11 Å². The Bertz CT molecular complexity index is 660. The van der Waals surface area contributed by atoms with Crippen LogP contribution < -0.4 is 5.32 Å². The fourth-order valence-electron chi connectivity index (χ4n) is 1.48. The second-order valence-corrected chi connectivity index (χ2v) is 4.65. The molecule has 1 amide bonds. The van der Waals surface area contributed by atoms with Crippen molar-refractivity contribution in [2.75, 3.05) is 11.9 Å². The molecule has 102 valence electrons. The minimum Gasteiger partial charge on any atom is -0.395 e. The number of rotatable bonds is 3. The predicted molar refractivity (Wildman–Crippen MR) is 75.0 cm³/mol. The summed E-state index contributed by atoms with van der Waals surface area (Å²) in [5.41, 5.74) is 0.555. The smallest absolute Gasteiger partial charge is 0.258 e. The van der Waals surface area contributed by atoms with Gasteiger partial charge in [0.25, 0.3) is 5.91 Å². The van der Waals surface area contributed by atoms with E-state index in [9.17, 15) is 9.18 Å². The highest BCUT2D eigenvalue weighted by Crippen LogP contribution is 2.15. The van der Waals surface area contributed by atoms with Crippen LogP contribution in [0.15, 0.2) is 29.8 Å². The number of benzene rings is 1. The summed E-state index contributed by atoms with van der Waals surface area (Å²) in [5, 5.41) is 13.5. The van der Waals surface area contributed by atoms with E-state index in [0.29, 0.717) is 5.13 Å². The highest BCUT2D eigenvalue weighted by Gasteiger charge is 2.12. The molecule has 1 aromatic carbocycles. The maximum Gasteiger partial charge on any atom is 0.258 e. The van der Waals surface area contributed by atoms with Gasteiger partial charge in [0, 0.05) is 23.6 Å². The molecule has 0 aliphatic carbocycles. The van der Waals surface area contributed by atoms with Gasteiger partial charge in [-0.3, -0.25) is 10.1 Å². The van der Waals surface area contributed by atoms with Crippen LogP contribution in [0.2, 0.25) is 0 Å². The van der Waals surface area contributed by atoms with Crippen LogP contribution in [-0.2, 0) is 0 Å². The first-order valence-corrected chi connectivity index (χ1v) is 6.69. The summed E-state index contributed by atoms with van der Waals surface area (Å²) >= 11 is 1.29. The van der Waals surface area contributed by atoms with Crippen LogP contribution in [0.25, 0.3) is 0 Å². The van der Waals surface area contributed by atoms with Crippen molar-refractivity contribution in [2.45, 2.75) is 6.42 Å². The maximum atomic E-state index is 13.2. The third kappa shape index (κ3) is 3.63. The zero-order valence-corrected chi connectivity index (χ0v) is 11.2. The van der Waals surface area contributed by atoms with Gasteiger partial charge >= 0.3 is 0 Å². The molecule has 0 atom stereocenters. The van der Waals surface area contributed by atoms with E-state index in [1.54, 1.807) is 11.6 Å². The number of halogens is 1. The summed E-state index contributed by atoms with van der Waals surface area (Å²) in [6.07, 6.45) is 1.84. The Balaban J connectivity index is 2.26. The fraction of sp³-hybridized carbons (Fsp3) is 0.143. The van der Waals surface area contributed by atoms with Crippen LogP contribution in [0, 0.1) is 17.7 Å². The zero-order valence-electron chi connectivity index (χ0n) is 10.4. The Morgan fingerprint density at radius 2 is 2.35 bits per heavy atom. The molecular formula is C14H11FN2O2S. The van der Waals surface area contributed by atoms with Crippen molar-refractivity contribution in [2.24, 2.45) is 0 Å². The molecular weight excluding hydrogens is 279 g/mol. The predicted octanol–water partition coefficient (Wildman–Crippen LogP) is 2.27. The Kier molecular flexibility index (Phi) is 4.82. The van der Waals surface area contributed by atoms with Gasteiger partial charge in [0.2, 0.25) is 0 Å². The minimum absolute atomic E-state index is 0.0804. The van der Waals surface area contributed by atoms with Crippen LogP contribution in [-0.4, -0.2) is 22.6 Å². The number of carbonyl (C=O) groups excluding carboxylic acids is 1. The number of hydrogen-bond donors (Lipinski definition) is 2. The summed E-state index contributed by atoms with van der Waals surface area (Å²) in [5.74, 6) is 4.50. The number of aliphatic hydroxyl groups excluding tert-OH is 1. The Morgan fingerprint density at radius 1 is 1.50 bits per heavy atom. The van der Waals surface area contributed by atoms with Gasteiger partial charge in [-0.15, -0.1) is 11.3 Å². The molecule has 0 bridgehead atoms. The van der Waals surface area contributed by atoms with Crippen LogP contribution in [0.5, 0.6) is 0 Å². The standard InChI is InChI=1S/C14H11FN2O2S/c15-11-4-5-12(10(9-11)3-1-2-7-18)13(19)17-14-16-6-8-20-14/h4-6,8-9,18H,2,7H2,(H,16,17,19). The molecule has 0 fully saturated rings. The van der Waals surface area contributed by atoms with Crippen LogP contribution >= 0.6 is 11.3 Å². The Labute approximate surface area is 119 Å². The lowest BCUT2D eigenvalue weighted by atomic mass is 10.1. The molecule has 6 heteroatoms. The van der Waals surface area contributed by atoms with E-state index in [1.165, 1.54) is 29.5 Å². The van der Waals surface area contributed by atoms with Crippen molar-refractivity contribution in [3.63, 3.8) is 0 Å². The SMILES string of the molecule is O=C(Nc1nccs1)c1ccc(F)cc1C#CCCO. The quantitative estimate of drug-likeness (QED) is 0.852. The minimum atomic E-state index is -0.468. The number of aliphatic hydroxyl groups is 1. The van der Waals surface area contributed by atoms with Gasteiger partial charge in [0.1, 0.15) is 5.82 Å². The zero-order chi connectivity index (χ0) is 14.4. The molecule has 0 spiro atoms. The maximum absolute atomic E-state index is 13.2. The fourth-order valence-corrected chi connectivity index (χ4v) is 2.01. The first kappa shape index (κ1) is 14.2. The molecule has 20 heavy (non-hydrogen) atoms. The molecule has 4 nitrogen and oxygen atoms in total. The summed E-state index contributed by atoms with van der Waals surface area (Å²) in [4.78, 5) is 16.0. The van der Waals surface area contributed by atoms with Crippen LogP contribution in [0.4, 0.5) is 9.52 Å². The molecule has 2 aromatic rings. The van der Waals surface area contributed by atoms with Crippen LogP contribution in [0.3, 0.4) is 0 Å². The lowest BCUT2D eigenvalue weighted by molar-refractivity contribution is 0.102. The molecule has 0 saturated heterocycles. The van der Waals surface area contributed by atoms with Gasteiger partial charge in [0.15, 0.2) is 5.13 Å². The van der Waals surface area contributed by atoms with E-state index in [2.05, 4.69) is 22.1 Å². The van der Waals surface area contributed by atoms with Crippen molar-refractivity contribution in [3.8, 4) is 11.8 Å². The van der Waals surface area contributed by atoms with Crippen molar-refractivity contribution in [1.82, 2.24) is 4.98 Å². The van der Waals surface area contributed by atoms with E-state index in [4.69, 9.17) is 5.11 Å². The van der Waals surface area contributed by atoms with Gasteiger partial charge in [-0.25, -0.2) is 9.37 Å². The van der Waals surface area contributed by atoms with E-state index in [1.807, 2.05) is 0 Å². The Morgan fingerprint density at radius 3 is 3.05 bits per heavy atom. The number of nitrogens with one attached hydrogen (secondary N) is 1. The number of hydrogen-bond acceptors (Lipinski definition) is 4. The van der Waals surface area contributed by atoms with Gasteiger partial charge in [-0.1, -0.05) is 11.8 Å². The van der Waals surface area contributed by atoms with Crippen molar-refractivity contribution >= 4 is 22.4 Å². The topological polar surface area (TPSA) is 62.2 Å². The molecule has 2 N–H and O–H groups in total. The van der Waals surface area contributed by atoms with Crippen molar-refractivity contribution < 1.29 is 14.3 Å². The first-order valence-electron chi connectivity index (χ1n) is 5.81. The third-order valence-corrected chi connectivity index (χ3v) is 3.03. The van der Waals surface area contributed by atoms with Crippen molar-refractivity contribution in [3.05, 3.63) is 46.7 Å². The van der Waals surface area contributed by atoms with Gasteiger partial charge in [-0.2, -0.15) is 0 Å². The number of amides is 1. The van der Waals surface area contributed by atoms with Crippen molar-refractivity contribution in [1.29, 1.82) is 0 Å². The number of anilines is 1. The molecule has 0 radical (unpaired) electrons. The summed E-state index contributed by atoms with van der Waals surface area (Å²) in [6.45, 7) is -0.0804. The second kappa shape index (κ2) is 6.80. The second-order valence-electron chi connectivity index (χ2n) is 3.76. The molecule has 0 aliphatic rings. The molecule has 0 aliphatic heterocycles. The normalized spacial score (nSPS) is 9.70. The van der Waals surface area contributed by atoms with Gasteiger partial charge in [-0.05, 0) is 18.2 Å². The Hall–Kier alpha value is -2.23. The molecule has 1 heterocycles. The monoisotopic (exact) mass is 290 g/mol. The third-order valence-electron chi connectivity index (χ3n) is 2.34. The molecule has 2 rings (SSSR count). The van der Waals surface area contributed by atoms with E-state index < -0.39 is 11.7 Å². The average molecular weight is 290 g/mol.